The van der Waals surface area contributed by atoms with Gasteiger partial charge in [0.2, 0.25) is 5.65 Å². The molecule has 0 bridgehead atoms. The molecular formula is C10H15N5. The van der Waals surface area contributed by atoms with Gasteiger partial charge in [-0.15, -0.1) is 10.2 Å². The lowest BCUT2D eigenvalue weighted by atomic mass is 10.3. The van der Waals surface area contributed by atoms with Crippen molar-refractivity contribution in [1.82, 2.24) is 19.8 Å². The molecule has 2 rings (SSSR count). The van der Waals surface area contributed by atoms with Crippen LogP contribution in [0.25, 0.3) is 5.65 Å². The van der Waals surface area contributed by atoms with E-state index < -0.39 is 0 Å². The zero-order chi connectivity index (χ0) is 10.8. The first-order chi connectivity index (χ1) is 7.26. The quantitative estimate of drug-likeness (QED) is 0.757. The van der Waals surface area contributed by atoms with Crippen LogP contribution in [0.3, 0.4) is 0 Å². The molecule has 0 saturated carbocycles. The fourth-order valence-electron chi connectivity index (χ4n) is 1.73. The summed E-state index contributed by atoms with van der Waals surface area (Å²) in [6.45, 7) is 8.16. The second-order valence-electron chi connectivity index (χ2n) is 3.44. The largest absolute Gasteiger partial charge is 0.369 e. The van der Waals surface area contributed by atoms with Crippen molar-refractivity contribution in [2.45, 2.75) is 20.8 Å². The third-order valence-corrected chi connectivity index (χ3v) is 2.47. The first-order valence-corrected chi connectivity index (χ1v) is 5.18. The van der Waals surface area contributed by atoms with Gasteiger partial charge in [-0.3, -0.25) is 0 Å². The fraction of sp³-hybridized carbons (Fsp3) is 0.500. The Morgan fingerprint density at radius 2 is 2.07 bits per heavy atom. The van der Waals surface area contributed by atoms with Crippen molar-refractivity contribution in [3.63, 3.8) is 0 Å². The highest BCUT2D eigenvalue weighted by atomic mass is 15.4. The van der Waals surface area contributed by atoms with Crippen LogP contribution in [0.1, 0.15) is 19.5 Å². The molecule has 0 amide bonds. The summed E-state index contributed by atoms with van der Waals surface area (Å²) in [5, 5.41) is 12.3. The highest BCUT2D eigenvalue weighted by Gasteiger charge is 2.10. The van der Waals surface area contributed by atoms with Gasteiger partial charge in [0.15, 0.2) is 0 Å². The summed E-state index contributed by atoms with van der Waals surface area (Å²) in [5.74, 6) is 0. The highest BCUT2D eigenvalue weighted by molar-refractivity contribution is 5.68. The van der Waals surface area contributed by atoms with E-state index >= 15 is 0 Å². The number of rotatable bonds is 3. The van der Waals surface area contributed by atoms with Gasteiger partial charge in [0.05, 0.1) is 11.4 Å². The minimum atomic E-state index is 0.823. The van der Waals surface area contributed by atoms with E-state index in [0.29, 0.717) is 0 Å². The van der Waals surface area contributed by atoms with Crippen LogP contribution in [0.2, 0.25) is 0 Å². The topological polar surface area (TPSA) is 46.3 Å². The third kappa shape index (κ3) is 1.65. The number of hydrogen-bond acceptors (Lipinski definition) is 4. The Kier molecular flexibility index (Phi) is 2.53. The molecule has 0 aliphatic heterocycles. The van der Waals surface area contributed by atoms with Crippen LogP contribution in [0, 0.1) is 6.92 Å². The molecule has 2 aromatic heterocycles. The van der Waals surface area contributed by atoms with Gasteiger partial charge >= 0.3 is 0 Å². The van der Waals surface area contributed by atoms with Crippen LogP contribution >= 0.6 is 0 Å². The van der Waals surface area contributed by atoms with Gasteiger partial charge in [0, 0.05) is 13.1 Å². The maximum atomic E-state index is 4.31. The van der Waals surface area contributed by atoms with Crippen molar-refractivity contribution in [2.24, 2.45) is 0 Å². The standard InChI is InChI=1S/C10H15N5/c1-4-14(5-2)9-6-8(3)13-15-7-11-12-10(9)15/h6-7H,4-5H2,1-3H3. The van der Waals surface area contributed by atoms with Crippen molar-refractivity contribution in [3.05, 3.63) is 18.1 Å². The summed E-state index contributed by atoms with van der Waals surface area (Å²) in [7, 11) is 0. The number of nitrogens with zero attached hydrogens (tertiary/aromatic N) is 5. The SMILES string of the molecule is CCN(CC)c1cc(C)nn2cnnc12. The van der Waals surface area contributed by atoms with Gasteiger partial charge in [-0.2, -0.15) is 9.61 Å². The zero-order valence-corrected chi connectivity index (χ0v) is 9.30. The second-order valence-corrected chi connectivity index (χ2v) is 3.44. The molecule has 2 aromatic rings. The molecule has 0 radical (unpaired) electrons. The van der Waals surface area contributed by atoms with Crippen LogP contribution in [-0.2, 0) is 0 Å². The average Bonchev–Trinajstić information content (AvgIpc) is 2.67. The number of aromatic nitrogens is 4. The Labute approximate surface area is 88.7 Å². The average molecular weight is 205 g/mol. The lowest BCUT2D eigenvalue weighted by molar-refractivity contribution is 0.839. The van der Waals surface area contributed by atoms with E-state index in [9.17, 15) is 0 Å². The van der Waals surface area contributed by atoms with Gasteiger partial charge in [0.25, 0.3) is 0 Å². The molecular weight excluding hydrogens is 190 g/mol. The molecule has 5 nitrogen and oxygen atoms in total. The number of anilines is 1. The molecule has 15 heavy (non-hydrogen) atoms. The minimum Gasteiger partial charge on any atom is -0.369 e. The summed E-state index contributed by atoms with van der Waals surface area (Å²) in [6.07, 6.45) is 1.63. The van der Waals surface area contributed by atoms with Gasteiger partial charge in [0.1, 0.15) is 6.33 Å². The van der Waals surface area contributed by atoms with Crippen LogP contribution in [-0.4, -0.2) is 32.9 Å². The van der Waals surface area contributed by atoms with Crippen molar-refractivity contribution in [1.29, 1.82) is 0 Å². The van der Waals surface area contributed by atoms with E-state index in [0.717, 1.165) is 30.1 Å². The summed E-state index contributed by atoms with van der Waals surface area (Å²) in [4.78, 5) is 2.25. The minimum absolute atomic E-state index is 0.823. The van der Waals surface area contributed by atoms with Crippen molar-refractivity contribution in [3.8, 4) is 0 Å². The van der Waals surface area contributed by atoms with E-state index in [2.05, 4.69) is 40.1 Å². The Balaban J connectivity index is 2.61. The maximum absolute atomic E-state index is 4.31. The van der Waals surface area contributed by atoms with E-state index in [1.807, 2.05) is 6.92 Å². The molecule has 5 heteroatoms. The smallest absolute Gasteiger partial charge is 0.200 e. The molecule has 0 unspecified atom stereocenters. The van der Waals surface area contributed by atoms with Crippen LogP contribution < -0.4 is 4.90 Å². The van der Waals surface area contributed by atoms with Crippen LogP contribution in [0.5, 0.6) is 0 Å². The Hall–Kier alpha value is -1.65. The first kappa shape index (κ1) is 9.89. The molecule has 0 atom stereocenters. The molecule has 0 N–H and O–H groups in total. The molecule has 0 saturated heterocycles. The van der Waals surface area contributed by atoms with Crippen molar-refractivity contribution < 1.29 is 0 Å². The zero-order valence-electron chi connectivity index (χ0n) is 9.30. The van der Waals surface area contributed by atoms with E-state index in [4.69, 9.17) is 0 Å². The predicted octanol–water partition coefficient (Wildman–Crippen LogP) is 1.28. The van der Waals surface area contributed by atoms with Gasteiger partial charge in [-0.05, 0) is 26.8 Å². The predicted molar refractivity (Wildman–Crippen MR) is 59.1 cm³/mol. The molecule has 80 valence electrons. The van der Waals surface area contributed by atoms with Gasteiger partial charge in [-0.25, -0.2) is 0 Å². The molecule has 0 aliphatic carbocycles. The summed E-state index contributed by atoms with van der Waals surface area (Å²) < 4.78 is 1.73. The fourth-order valence-corrected chi connectivity index (χ4v) is 1.73. The van der Waals surface area contributed by atoms with Crippen molar-refractivity contribution in [2.75, 3.05) is 18.0 Å². The molecule has 0 aromatic carbocycles. The molecule has 0 spiro atoms. The summed E-state index contributed by atoms with van der Waals surface area (Å²) in [6, 6.07) is 2.05. The van der Waals surface area contributed by atoms with E-state index in [1.165, 1.54) is 0 Å². The Morgan fingerprint density at radius 1 is 1.33 bits per heavy atom. The summed E-state index contributed by atoms with van der Waals surface area (Å²) >= 11 is 0. The lowest BCUT2D eigenvalue weighted by Crippen LogP contribution is -2.23. The molecule has 2 heterocycles. The highest BCUT2D eigenvalue weighted by Crippen LogP contribution is 2.19. The number of hydrogen-bond donors (Lipinski definition) is 0. The second kappa shape index (κ2) is 3.84. The van der Waals surface area contributed by atoms with E-state index in [-0.39, 0.29) is 0 Å². The first-order valence-electron chi connectivity index (χ1n) is 5.18. The summed E-state index contributed by atoms with van der Waals surface area (Å²) in [5.41, 5.74) is 2.90. The normalized spacial score (nSPS) is 10.9. The van der Waals surface area contributed by atoms with Crippen molar-refractivity contribution >= 4 is 11.3 Å². The lowest BCUT2D eigenvalue weighted by Gasteiger charge is -2.21. The monoisotopic (exact) mass is 205 g/mol. The number of aryl methyl sites for hydroxylation is 1. The number of fused-ring (bicyclic) bond motifs is 1. The van der Waals surface area contributed by atoms with Gasteiger partial charge in [-0.1, -0.05) is 0 Å². The van der Waals surface area contributed by atoms with Crippen LogP contribution in [0.4, 0.5) is 5.69 Å². The Morgan fingerprint density at radius 3 is 2.73 bits per heavy atom. The third-order valence-electron chi connectivity index (χ3n) is 2.47. The van der Waals surface area contributed by atoms with Gasteiger partial charge < -0.3 is 4.90 Å². The maximum Gasteiger partial charge on any atom is 0.200 e. The molecule has 0 aliphatic rings. The van der Waals surface area contributed by atoms with Crippen LogP contribution in [0.15, 0.2) is 12.4 Å². The van der Waals surface area contributed by atoms with E-state index in [1.54, 1.807) is 10.8 Å². The Bertz CT molecular complexity index is 458. The molecule has 0 fully saturated rings.